The maximum Gasteiger partial charge on any atom is 0.418 e. The number of benzene rings is 2. The molecule has 0 saturated carbocycles. The van der Waals surface area contributed by atoms with Crippen LogP contribution in [0.5, 0.6) is 0 Å². The fourth-order valence-electron chi connectivity index (χ4n) is 2.18. The van der Waals surface area contributed by atoms with E-state index in [1.807, 2.05) is 12.5 Å². The third-order valence-electron chi connectivity index (χ3n) is 3.81. The summed E-state index contributed by atoms with van der Waals surface area (Å²) in [5.74, 6) is 1.01. The van der Waals surface area contributed by atoms with E-state index in [1.54, 1.807) is 11.8 Å². The summed E-state index contributed by atoms with van der Waals surface area (Å²) in [7, 11) is 0. The molecule has 196 valence electrons. The van der Waals surface area contributed by atoms with Gasteiger partial charge in [-0.2, -0.15) is 49.9 Å². The molecule has 0 aliphatic heterocycles. The number of hydrogen-bond donors (Lipinski definition) is 2. The molecule has 0 atom stereocenters. The van der Waals surface area contributed by atoms with E-state index in [2.05, 4.69) is 5.32 Å². The topological polar surface area (TPSA) is 72.2 Å². The van der Waals surface area contributed by atoms with Gasteiger partial charge in [0.2, 0.25) is 11.1 Å². The Balaban J connectivity index is 0.000000550. The van der Waals surface area contributed by atoms with Gasteiger partial charge in [0.1, 0.15) is 0 Å². The Morgan fingerprint density at radius 2 is 1.29 bits per heavy atom. The number of carbonyl (C=O) groups is 2. The average Bonchev–Trinajstić information content (AvgIpc) is 2.76. The number of nitrogens with one attached hydrogen (secondary N) is 1. The second-order valence-corrected chi connectivity index (χ2v) is 8.91. The van der Waals surface area contributed by atoms with Crippen LogP contribution in [0.4, 0.5) is 37.7 Å². The predicted octanol–water partition coefficient (Wildman–Crippen LogP) is 7.19. The van der Waals surface area contributed by atoms with Crippen LogP contribution in [0.3, 0.4) is 0 Å². The molecule has 0 bridgehead atoms. The van der Waals surface area contributed by atoms with Crippen molar-refractivity contribution in [1.29, 1.82) is 0 Å². The number of carbonyl (C=O) groups excluding carboxylic acids is 2. The summed E-state index contributed by atoms with van der Waals surface area (Å²) < 4.78 is 73.7. The Labute approximate surface area is 213 Å². The van der Waals surface area contributed by atoms with Crippen LogP contribution in [0, 0.1) is 0 Å². The minimum Gasteiger partial charge on any atom is -0.398 e. The lowest BCUT2D eigenvalue weighted by Gasteiger charge is -2.13. The SMILES string of the molecule is CSCCC(=O)Cl.CSCCC(=O)Nc1ccccc1C(F)(F)F.Nc1ccccc1C(F)(F)F. The molecule has 4 nitrogen and oxygen atoms in total. The summed E-state index contributed by atoms with van der Waals surface area (Å²) in [4.78, 5) is 21.3. The van der Waals surface area contributed by atoms with Gasteiger partial charge in [0, 0.05) is 30.0 Å². The van der Waals surface area contributed by atoms with Gasteiger partial charge in [-0.25, -0.2) is 0 Å². The molecular weight excluding hydrogens is 538 g/mol. The molecule has 35 heavy (non-hydrogen) atoms. The van der Waals surface area contributed by atoms with Crippen LogP contribution in [-0.4, -0.2) is 35.2 Å². The minimum absolute atomic E-state index is 0.189. The van der Waals surface area contributed by atoms with Gasteiger partial charge >= 0.3 is 12.4 Å². The van der Waals surface area contributed by atoms with E-state index in [0.717, 1.165) is 17.9 Å². The number of rotatable bonds is 7. The molecule has 2 aromatic carbocycles. The van der Waals surface area contributed by atoms with Crippen molar-refractivity contribution in [2.24, 2.45) is 0 Å². The summed E-state index contributed by atoms with van der Waals surface area (Å²) in [6.07, 6.45) is -4.33. The second kappa shape index (κ2) is 16.6. The lowest BCUT2D eigenvalue weighted by atomic mass is 10.1. The largest absolute Gasteiger partial charge is 0.418 e. The van der Waals surface area contributed by atoms with Crippen LogP contribution in [0.15, 0.2) is 48.5 Å². The van der Waals surface area contributed by atoms with Crippen LogP contribution in [-0.2, 0) is 21.9 Å². The van der Waals surface area contributed by atoms with Crippen molar-refractivity contribution in [3.63, 3.8) is 0 Å². The highest BCUT2D eigenvalue weighted by Crippen LogP contribution is 2.34. The van der Waals surface area contributed by atoms with E-state index < -0.39 is 29.4 Å². The fraction of sp³-hybridized carbons (Fsp3) is 0.364. The Hall–Kier alpha value is -2.05. The van der Waals surface area contributed by atoms with Gasteiger partial charge in [0.15, 0.2) is 0 Å². The van der Waals surface area contributed by atoms with Crippen LogP contribution in [0.2, 0.25) is 0 Å². The molecule has 2 aromatic rings. The highest BCUT2D eigenvalue weighted by atomic mass is 35.5. The molecule has 0 fully saturated rings. The van der Waals surface area contributed by atoms with E-state index in [4.69, 9.17) is 17.3 Å². The third kappa shape index (κ3) is 14.8. The van der Waals surface area contributed by atoms with Gasteiger partial charge in [-0.3, -0.25) is 9.59 Å². The number of nitrogens with two attached hydrogens (primary N) is 1. The monoisotopic (exact) mass is 562 g/mol. The van der Waals surface area contributed by atoms with Crippen molar-refractivity contribution < 1.29 is 35.9 Å². The zero-order chi connectivity index (χ0) is 27.1. The molecule has 0 radical (unpaired) electrons. The van der Waals surface area contributed by atoms with Crippen molar-refractivity contribution in [2.45, 2.75) is 25.2 Å². The summed E-state index contributed by atoms with van der Waals surface area (Å²) in [5.41, 5.74) is 3.06. The Kier molecular flexibility index (Phi) is 15.6. The van der Waals surface area contributed by atoms with Crippen molar-refractivity contribution in [3.8, 4) is 0 Å². The Morgan fingerprint density at radius 3 is 1.69 bits per heavy atom. The van der Waals surface area contributed by atoms with Gasteiger partial charge in [-0.05, 0) is 48.4 Å². The molecule has 0 saturated heterocycles. The normalized spacial score (nSPS) is 10.9. The number of halogens is 7. The van der Waals surface area contributed by atoms with Crippen molar-refractivity contribution in [1.82, 2.24) is 0 Å². The number of anilines is 2. The quantitative estimate of drug-likeness (QED) is 0.212. The summed E-state index contributed by atoms with van der Waals surface area (Å²) in [6, 6.07) is 9.89. The first kappa shape index (κ1) is 33.0. The lowest BCUT2D eigenvalue weighted by molar-refractivity contribution is -0.137. The number of alkyl halides is 6. The average molecular weight is 563 g/mol. The molecule has 3 N–H and O–H groups in total. The lowest BCUT2D eigenvalue weighted by Crippen LogP contribution is -2.16. The van der Waals surface area contributed by atoms with Crippen LogP contribution >= 0.6 is 35.1 Å². The van der Waals surface area contributed by atoms with Gasteiger partial charge in [0.05, 0.1) is 16.8 Å². The molecule has 1 amide bonds. The van der Waals surface area contributed by atoms with Crippen molar-refractivity contribution in [3.05, 3.63) is 59.7 Å². The zero-order valence-corrected chi connectivity index (χ0v) is 21.2. The predicted molar refractivity (Wildman–Crippen MR) is 133 cm³/mol. The maximum absolute atomic E-state index is 12.6. The van der Waals surface area contributed by atoms with Gasteiger partial charge in [-0.15, -0.1) is 0 Å². The second-order valence-electron chi connectivity index (χ2n) is 6.52. The van der Waals surface area contributed by atoms with E-state index in [1.165, 1.54) is 48.2 Å². The minimum atomic E-state index is -4.45. The highest BCUT2D eigenvalue weighted by Gasteiger charge is 2.33. The molecule has 0 unspecified atom stereocenters. The zero-order valence-electron chi connectivity index (χ0n) is 18.8. The number of amides is 1. The van der Waals surface area contributed by atoms with E-state index in [-0.39, 0.29) is 23.0 Å². The smallest absolute Gasteiger partial charge is 0.398 e. The maximum atomic E-state index is 12.6. The fourth-order valence-corrected chi connectivity index (χ4v) is 3.17. The van der Waals surface area contributed by atoms with Gasteiger partial charge < -0.3 is 11.1 Å². The number of nitrogen functional groups attached to an aromatic ring is 1. The van der Waals surface area contributed by atoms with E-state index >= 15 is 0 Å². The van der Waals surface area contributed by atoms with Crippen LogP contribution in [0.25, 0.3) is 0 Å². The van der Waals surface area contributed by atoms with Crippen LogP contribution in [0.1, 0.15) is 24.0 Å². The molecule has 0 aliphatic carbocycles. The number of hydrogen-bond acceptors (Lipinski definition) is 5. The molecule has 0 aliphatic rings. The molecule has 0 aromatic heterocycles. The molecule has 0 heterocycles. The number of thioether (sulfide) groups is 2. The van der Waals surface area contributed by atoms with Gasteiger partial charge in [0.25, 0.3) is 0 Å². The molecule has 13 heteroatoms. The van der Waals surface area contributed by atoms with Crippen molar-refractivity contribution >= 4 is 57.6 Å². The number of para-hydroxylation sites is 2. The van der Waals surface area contributed by atoms with Crippen LogP contribution < -0.4 is 11.1 Å². The van der Waals surface area contributed by atoms with E-state index in [9.17, 15) is 35.9 Å². The summed E-state index contributed by atoms with van der Waals surface area (Å²) in [5, 5.41) is 2.04. The standard InChI is InChI=1S/C11H12F3NOS.C7H6F3N.C4H7ClOS/c1-17-7-6-10(16)15-9-5-3-2-4-8(9)11(12,13)14;8-7(9,10)5-3-1-2-4-6(5)11;1-7-3-2-4(5)6/h2-5H,6-7H2,1H3,(H,15,16);1-4H,11H2;2-3H2,1H3. The Morgan fingerprint density at radius 1 is 0.829 bits per heavy atom. The molecule has 0 spiro atoms. The van der Waals surface area contributed by atoms with Gasteiger partial charge in [-0.1, -0.05) is 24.3 Å². The molecular formula is C22H25ClF6N2O2S2. The first-order valence-corrected chi connectivity index (χ1v) is 12.9. The third-order valence-corrected chi connectivity index (χ3v) is 5.22. The van der Waals surface area contributed by atoms with E-state index in [0.29, 0.717) is 12.2 Å². The Bertz CT molecular complexity index is 927. The van der Waals surface area contributed by atoms with Crippen molar-refractivity contribution in [2.75, 3.05) is 35.1 Å². The highest BCUT2D eigenvalue weighted by molar-refractivity contribution is 7.98. The summed E-state index contributed by atoms with van der Waals surface area (Å²) in [6.45, 7) is 0. The first-order chi connectivity index (χ1) is 16.2. The first-order valence-electron chi connectivity index (χ1n) is 9.78. The summed E-state index contributed by atoms with van der Waals surface area (Å²) >= 11 is 8.10. The molecule has 2 rings (SSSR count).